The number of aliphatic hydroxyl groups excluding tert-OH is 1. The van der Waals surface area contributed by atoms with E-state index in [1.54, 1.807) is 7.05 Å². The molecular formula is C17H17F2N5O4S2. The van der Waals surface area contributed by atoms with Crippen LogP contribution in [0.5, 0.6) is 5.88 Å². The van der Waals surface area contributed by atoms with Crippen LogP contribution in [0.15, 0.2) is 47.0 Å². The molecule has 0 radical (unpaired) electrons. The molecule has 0 fully saturated rings. The predicted octanol–water partition coefficient (Wildman–Crippen LogP) is 1.95. The minimum absolute atomic E-state index is 0.0000139. The van der Waals surface area contributed by atoms with Gasteiger partial charge < -0.3 is 14.4 Å². The number of imidazole rings is 1. The van der Waals surface area contributed by atoms with E-state index < -0.39 is 21.7 Å². The molecule has 0 unspecified atom stereocenters. The van der Waals surface area contributed by atoms with Crippen molar-refractivity contribution in [2.24, 2.45) is 7.05 Å². The molecule has 0 aliphatic carbocycles. The zero-order valence-corrected chi connectivity index (χ0v) is 17.3. The molecule has 3 aromatic rings. The lowest BCUT2D eigenvalue weighted by Gasteiger charge is -2.10. The number of thioether (sulfide) groups is 1. The Kier molecular flexibility index (Phi) is 6.84. The number of benzene rings is 1. The molecule has 1 aromatic carbocycles. The first-order valence-corrected chi connectivity index (χ1v) is 10.9. The van der Waals surface area contributed by atoms with Crippen molar-refractivity contribution < 1.29 is 27.0 Å². The van der Waals surface area contributed by atoms with Gasteiger partial charge in [-0.15, -0.1) is 0 Å². The second-order valence-corrected chi connectivity index (χ2v) is 8.50. The highest BCUT2D eigenvalue weighted by Gasteiger charge is 2.19. The maximum atomic E-state index is 13.9. The van der Waals surface area contributed by atoms with E-state index in [2.05, 4.69) is 19.7 Å². The van der Waals surface area contributed by atoms with Crippen molar-refractivity contribution in [1.29, 1.82) is 0 Å². The molecule has 0 atom stereocenters. The van der Waals surface area contributed by atoms with E-state index in [0.717, 1.165) is 17.8 Å². The Labute approximate surface area is 175 Å². The van der Waals surface area contributed by atoms with E-state index in [-0.39, 0.29) is 46.4 Å². The Hall–Kier alpha value is -2.77. The summed E-state index contributed by atoms with van der Waals surface area (Å²) >= 11 is 0.958. The van der Waals surface area contributed by atoms with Crippen LogP contribution in [0.2, 0.25) is 0 Å². The van der Waals surface area contributed by atoms with Crippen LogP contribution in [-0.4, -0.2) is 46.3 Å². The largest absolute Gasteiger partial charge is 0.475 e. The summed E-state index contributed by atoms with van der Waals surface area (Å²) in [5.41, 5.74) is 0.0981. The average molecular weight is 457 g/mol. The highest BCUT2D eigenvalue weighted by Crippen LogP contribution is 2.26. The van der Waals surface area contributed by atoms with Gasteiger partial charge in [-0.25, -0.2) is 18.7 Å². The molecule has 0 aliphatic heterocycles. The van der Waals surface area contributed by atoms with Gasteiger partial charge in [-0.05, 0) is 6.07 Å². The van der Waals surface area contributed by atoms with E-state index in [0.29, 0.717) is 0 Å². The molecule has 0 aliphatic rings. The number of hydrogen-bond acceptors (Lipinski definition) is 8. The molecule has 0 spiro atoms. The molecule has 3 rings (SSSR count). The van der Waals surface area contributed by atoms with Gasteiger partial charge in [0.25, 0.3) is 10.0 Å². The number of aromatic nitrogens is 4. The van der Waals surface area contributed by atoms with Gasteiger partial charge in [0.05, 0.1) is 12.9 Å². The maximum Gasteiger partial charge on any atom is 0.282 e. The molecule has 0 amide bonds. The molecule has 2 aromatic heterocycles. The molecule has 160 valence electrons. The summed E-state index contributed by atoms with van der Waals surface area (Å²) in [6, 6.07) is 5.04. The van der Waals surface area contributed by atoms with Crippen molar-refractivity contribution in [1.82, 2.24) is 19.5 Å². The van der Waals surface area contributed by atoms with E-state index in [9.17, 15) is 17.2 Å². The Morgan fingerprint density at radius 2 is 2.10 bits per heavy atom. The summed E-state index contributed by atoms with van der Waals surface area (Å²) in [5.74, 6) is -2.06. The van der Waals surface area contributed by atoms with Crippen molar-refractivity contribution in [3.63, 3.8) is 0 Å². The lowest BCUT2D eigenvalue weighted by atomic mass is 10.2. The van der Waals surface area contributed by atoms with E-state index in [1.165, 1.54) is 35.3 Å². The third kappa shape index (κ3) is 5.43. The molecule has 30 heavy (non-hydrogen) atoms. The van der Waals surface area contributed by atoms with Gasteiger partial charge in [-0.2, -0.15) is 13.4 Å². The summed E-state index contributed by atoms with van der Waals surface area (Å²) in [6.07, 6.45) is 2.65. The quantitative estimate of drug-likeness (QED) is 0.370. The van der Waals surface area contributed by atoms with Crippen LogP contribution < -0.4 is 9.46 Å². The van der Waals surface area contributed by atoms with E-state index in [4.69, 9.17) is 9.84 Å². The van der Waals surface area contributed by atoms with Crippen molar-refractivity contribution in [3.8, 4) is 5.88 Å². The second kappa shape index (κ2) is 9.36. The molecular weight excluding hydrogens is 440 g/mol. The van der Waals surface area contributed by atoms with Gasteiger partial charge in [0.15, 0.2) is 21.8 Å². The van der Waals surface area contributed by atoms with Gasteiger partial charge >= 0.3 is 0 Å². The van der Waals surface area contributed by atoms with E-state index >= 15 is 0 Å². The topological polar surface area (TPSA) is 119 Å². The third-order valence-electron chi connectivity index (χ3n) is 3.61. The fraction of sp³-hybridized carbons (Fsp3) is 0.235. The molecule has 9 nitrogen and oxygen atoms in total. The number of anilines is 1. The molecule has 0 bridgehead atoms. The summed E-state index contributed by atoms with van der Waals surface area (Å²) in [4.78, 5) is 12.0. The monoisotopic (exact) mass is 457 g/mol. The molecule has 2 N–H and O–H groups in total. The van der Waals surface area contributed by atoms with Gasteiger partial charge in [0.1, 0.15) is 12.4 Å². The highest BCUT2D eigenvalue weighted by molar-refractivity contribution is 7.98. The van der Waals surface area contributed by atoms with Gasteiger partial charge in [-0.3, -0.25) is 4.72 Å². The average Bonchev–Trinajstić information content (AvgIpc) is 3.14. The van der Waals surface area contributed by atoms with Gasteiger partial charge in [0, 0.05) is 30.6 Å². The van der Waals surface area contributed by atoms with Crippen LogP contribution in [0.25, 0.3) is 0 Å². The van der Waals surface area contributed by atoms with E-state index in [1.807, 2.05) is 0 Å². The van der Waals surface area contributed by atoms with Crippen molar-refractivity contribution in [2.45, 2.75) is 15.9 Å². The normalized spacial score (nSPS) is 11.5. The van der Waals surface area contributed by atoms with Crippen molar-refractivity contribution >= 4 is 27.6 Å². The number of rotatable bonds is 9. The number of nitrogens with one attached hydrogen (secondary N) is 1. The lowest BCUT2D eigenvalue weighted by Crippen LogP contribution is -2.15. The number of nitrogens with zero attached hydrogens (tertiary/aromatic N) is 4. The van der Waals surface area contributed by atoms with Crippen molar-refractivity contribution in [3.05, 3.63) is 54.0 Å². The number of ether oxygens (including phenoxy) is 1. The standard InChI is InChI=1S/C17H17F2N5O4S2/c1-24-8-15(20-10-24)30(26,27)23-13-7-14(28-6-5-25)22-17(21-13)29-9-11-3-2-4-12(18)16(11)19/h2-4,7-8,10,25H,5-6,9H2,1H3,(H,21,22,23). The van der Waals surface area contributed by atoms with Crippen LogP contribution in [-0.2, 0) is 22.8 Å². The second-order valence-electron chi connectivity index (χ2n) is 5.93. The van der Waals surface area contributed by atoms with Gasteiger partial charge in [-0.1, -0.05) is 23.9 Å². The SMILES string of the molecule is Cn1cnc(S(=O)(=O)Nc2cc(OCCO)nc(SCc3cccc(F)c3F)n2)c1. The maximum absolute atomic E-state index is 13.9. The van der Waals surface area contributed by atoms with Crippen molar-refractivity contribution in [2.75, 3.05) is 17.9 Å². The first-order valence-electron chi connectivity index (χ1n) is 8.47. The summed E-state index contributed by atoms with van der Waals surface area (Å²) in [5, 5.41) is 8.79. The number of sulfonamides is 1. The molecule has 0 saturated heterocycles. The molecule has 0 saturated carbocycles. The van der Waals surface area contributed by atoms with Crippen LogP contribution in [0.1, 0.15) is 5.56 Å². The Morgan fingerprint density at radius 3 is 2.80 bits per heavy atom. The molecule has 13 heteroatoms. The molecule has 2 heterocycles. The van der Waals surface area contributed by atoms with Crippen LogP contribution in [0.4, 0.5) is 14.6 Å². The summed E-state index contributed by atoms with van der Waals surface area (Å²) in [6.45, 7) is -0.359. The highest BCUT2D eigenvalue weighted by atomic mass is 32.2. The minimum Gasteiger partial charge on any atom is -0.475 e. The number of halogens is 2. The summed E-state index contributed by atoms with van der Waals surface area (Å²) < 4.78 is 61.2. The van der Waals surface area contributed by atoms with Crippen LogP contribution in [0, 0.1) is 11.6 Å². The lowest BCUT2D eigenvalue weighted by molar-refractivity contribution is 0.195. The Morgan fingerprint density at radius 1 is 1.30 bits per heavy atom. The Bertz CT molecular complexity index is 1140. The first kappa shape index (κ1) is 21.9. The fourth-order valence-electron chi connectivity index (χ4n) is 2.26. The van der Waals surface area contributed by atoms with Crippen LogP contribution >= 0.6 is 11.8 Å². The first-order chi connectivity index (χ1) is 14.3. The smallest absolute Gasteiger partial charge is 0.282 e. The van der Waals surface area contributed by atoms with Gasteiger partial charge in [0.2, 0.25) is 5.88 Å². The minimum atomic E-state index is -4.02. The predicted molar refractivity (Wildman–Crippen MR) is 105 cm³/mol. The third-order valence-corrected chi connectivity index (χ3v) is 5.74. The zero-order valence-electron chi connectivity index (χ0n) is 15.6. The Balaban J connectivity index is 1.85. The number of aryl methyl sites for hydroxylation is 1. The number of aliphatic hydroxyl groups is 1. The van der Waals surface area contributed by atoms with Crippen LogP contribution in [0.3, 0.4) is 0 Å². The summed E-state index contributed by atoms with van der Waals surface area (Å²) in [7, 11) is -2.40. The zero-order chi connectivity index (χ0) is 21.7. The number of hydrogen-bond donors (Lipinski definition) is 2. The fourth-order valence-corrected chi connectivity index (χ4v) is 4.06.